The van der Waals surface area contributed by atoms with Gasteiger partial charge in [-0.15, -0.1) is 0 Å². The van der Waals surface area contributed by atoms with Crippen molar-refractivity contribution in [2.24, 2.45) is 0 Å². The molecule has 1 aromatic heterocycles. The molecular formula is C15H15ClN2O4. The average molecular weight is 323 g/mol. The summed E-state index contributed by atoms with van der Waals surface area (Å²) in [6.45, 7) is 0.263. The van der Waals surface area contributed by atoms with Crippen LogP contribution in [0.5, 0.6) is 0 Å². The van der Waals surface area contributed by atoms with Crippen molar-refractivity contribution in [3.8, 4) is 0 Å². The number of furan rings is 1. The number of nitrogens with one attached hydrogen (secondary N) is 2. The van der Waals surface area contributed by atoms with Gasteiger partial charge < -0.3 is 14.8 Å². The fourth-order valence-corrected chi connectivity index (χ4v) is 1.96. The molecule has 0 aliphatic carbocycles. The van der Waals surface area contributed by atoms with E-state index in [2.05, 4.69) is 10.6 Å². The molecule has 0 saturated carbocycles. The van der Waals surface area contributed by atoms with Gasteiger partial charge in [-0.3, -0.25) is 14.9 Å². The number of carbonyl (C=O) groups excluding carboxylic acids is 1. The normalized spacial score (nSPS) is 11.9. The standard InChI is InChI=1S/C15H15ClN2O4/c16-10-3-5-11(6-4-10)18-15(21)13(8-14(19)20)17-9-12-2-1-7-22-12/h1-7,13,17H,8-9H2,(H,18,21)(H,19,20)/t13-/m1/s1. The van der Waals surface area contributed by atoms with E-state index in [0.29, 0.717) is 16.5 Å². The van der Waals surface area contributed by atoms with E-state index in [1.54, 1.807) is 36.4 Å². The largest absolute Gasteiger partial charge is 0.481 e. The number of hydrogen-bond donors (Lipinski definition) is 3. The Morgan fingerprint density at radius 3 is 2.55 bits per heavy atom. The second-order valence-corrected chi connectivity index (χ2v) is 5.04. The first-order valence-electron chi connectivity index (χ1n) is 6.58. The Kier molecular flexibility index (Phi) is 5.57. The third kappa shape index (κ3) is 4.91. The minimum atomic E-state index is -1.07. The molecule has 6 nitrogen and oxygen atoms in total. The Balaban J connectivity index is 1.98. The van der Waals surface area contributed by atoms with Crippen LogP contribution in [-0.2, 0) is 16.1 Å². The number of carboxylic acids is 1. The number of aliphatic carboxylic acids is 1. The van der Waals surface area contributed by atoms with Crippen molar-refractivity contribution in [2.45, 2.75) is 19.0 Å². The number of carboxylic acid groups (broad SMARTS) is 1. The minimum Gasteiger partial charge on any atom is -0.481 e. The lowest BCUT2D eigenvalue weighted by Crippen LogP contribution is -2.41. The third-order valence-corrected chi connectivity index (χ3v) is 3.16. The summed E-state index contributed by atoms with van der Waals surface area (Å²) in [7, 11) is 0. The second kappa shape index (κ2) is 7.63. The molecule has 0 unspecified atom stereocenters. The first-order chi connectivity index (χ1) is 10.5. The Morgan fingerprint density at radius 2 is 1.95 bits per heavy atom. The molecule has 2 rings (SSSR count). The maximum Gasteiger partial charge on any atom is 0.305 e. The van der Waals surface area contributed by atoms with E-state index in [0.717, 1.165) is 0 Å². The Hall–Kier alpha value is -2.31. The molecule has 0 fully saturated rings. The highest BCUT2D eigenvalue weighted by molar-refractivity contribution is 6.30. The van der Waals surface area contributed by atoms with Gasteiger partial charge in [0.2, 0.25) is 5.91 Å². The maximum absolute atomic E-state index is 12.2. The van der Waals surface area contributed by atoms with Crippen molar-refractivity contribution >= 4 is 29.2 Å². The number of rotatable bonds is 7. The highest BCUT2D eigenvalue weighted by Gasteiger charge is 2.21. The van der Waals surface area contributed by atoms with E-state index in [1.165, 1.54) is 6.26 Å². The number of carbonyl (C=O) groups is 2. The van der Waals surface area contributed by atoms with Gasteiger partial charge in [0, 0.05) is 10.7 Å². The van der Waals surface area contributed by atoms with E-state index in [9.17, 15) is 9.59 Å². The number of halogens is 1. The summed E-state index contributed by atoms with van der Waals surface area (Å²) in [6.07, 6.45) is 1.18. The Morgan fingerprint density at radius 1 is 1.23 bits per heavy atom. The van der Waals surface area contributed by atoms with Crippen LogP contribution in [-0.4, -0.2) is 23.0 Å². The van der Waals surface area contributed by atoms with E-state index in [4.69, 9.17) is 21.1 Å². The molecule has 2 aromatic rings. The summed E-state index contributed by atoms with van der Waals surface area (Å²) in [6, 6.07) is 9.14. The highest BCUT2D eigenvalue weighted by atomic mass is 35.5. The lowest BCUT2D eigenvalue weighted by molar-refractivity contribution is -0.139. The fraction of sp³-hybridized carbons (Fsp3) is 0.200. The highest BCUT2D eigenvalue weighted by Crippen LogP contribution is 2.14. The number of hydrogen-bond acceptors (Lipinski definition) is 4. The van der Waals surface area contributed by atoms with Crippen LogP contribution in [0.3, 0.4) is 0 Å². The van der Waals surface area contributed by atoms with Gasteiger partial charge in [0.1, 0.15) is 5.76 Å². The van der Waals surface area contributed by atoms with Crippen LogP contribution in [0.15, 0.2) is 47.1 Å². The number of amides is 1. The predicted octanol–water partition coefficient (Wildman–Crippen LogP) is 2.50. The quantitative estimate of drug-likeness (QED) is 0.728. The van der Waals surface area contributed by atoms with Crippen molar-refractivity contribution < 1.29 is 19.1 Å². The summed E-state index contributed by atoms with van der Waals surface area (Å²) in [5, 5.41) is 15.0. The molecule has 22 heavy (non-hydrogen) atoms. The lowest BCUT2D eigenvalue weighted by atomic mass is 10.1. The minimum absolute atomic E-state index is 0.263. The van der Waals surface area contributed by atoms with E-state index >= 15 is 0 Å². The van der Waals surface area contributed by atoms with Crippen molar-refractivity contribution in [1.29, 1.82) is 0 Å². The van der Waals surface area contributed by atoms with E-state index in [-0.39, 0.29) is 13.0 Å². The summed E-state index contributed by atoms with van der Waals surface area (Å²) < 4.78 is 5.14. The van der Waals surface area contributed by atoms with Gasteiger partial charge in [-0.05, 0) is 36.4 Å². The van der Waals surface area contributed by atoms with Crippen molar-refractivity contribution in [3.05, 3.63) is 53.4 Å². The first kappa shape index (κ1) is 16.1. The predicted molar refractivity (Wildman–Crippen MR) is 81.7 cm³/mol. The zero-order valence-corrected chi connectivity index (χ0v) is 12.3. The first-order valence-corrected chi connectivity index (χ1v) is 6.96. The zero-order valence-electron chi connectivity index (χ0n) is 11.6. The second-order valence-electron chi connectivity index (χ2n) is 4.61. The maximum atomic E-state index is 12.2. The van der Waals surface area contributed by atoms with Gasteiger partial charge in [-0.1, -0.05) is 11.6 Å². The average Bonchev–Trinajstić information content (AvgIpc) is 2.98. The van der Waals surface area contributed by atoms with Crippen molar-refractivity contribution in [3.63, 3.8) is 0 Å². The van der Waals surface area contributed by atoms with Gasteiger partial charge in [-0.25, -0.2) is 0 Å². The monoisotopic (exact) mass is 322 g/mol. The van der Waals surface area contributed by atoms with Crippen LogP contribution in [0.2, 0.25) is 5.02 Å². The van der Waals surface area contributed by atoms with Gasteiger partial charge in [0.25, 0.3) is 0 Å². The Labute approximate surface area is 132 Å². The van der Waals surface area contributed by atoms with Crippen LogP contribution in [0, 0.1) is 0 Å². The van der Waals surface area contributed by atoms with Crippen molar-refractivity contribution in [2.75, 3.05) is 5.32 Å². The van der Waals surface area contributed by atoms with E-state index in [1.807, 2.05) is 0 Å². The van der Waals surface area contributed by atoms with Gasteiger partial charge in [0.05, 0.1) is 25.3 Å². The summed E-state index contributed by atoms with van der Waals surface area (Å²) in [5.41, 5.74) is 0.546. The topological polar surface area (TPSA) is 91.6 Å². The molecule has 7 heteroatoms. The molecule has 1 amide bonds. The molecule has 0 spiro atoms. The molecule has 0 aliphatic heterocycles. The van der Waals surface area contributed by atoms with Gasteiger partial charge in [-0.2, -0.15) is 0 Å². The molecule has 3 N–H and O–H groups in total. The molecule has 1 aromatic carbocycles. The molecule has 1 heterocycles. The summed E-state index contributed by atoms with van der Waals surface area (Å²) >= 11 is 5.77. The summed E-state index contributed by atoms with van der Waals surface area (Å²) in [5.74, 6) is -0.880. The van der Waals surface area contributed by atoms with Crippen LogP contribution in [0.25, 0.3) is 0 Å². The van der Waals surface area contributed by atoms with Crippen LogP contribution in [0.1, 0.15) is 12.2 Å². The van der Waals surface area contributed by atoms with Crippen molar-refractivity contribution in [1.82, 2.24) is 5.32 Å². The molecule has 1 atom stereocenters. The lowest BCUT2D eigenvalue weighted by Gasteiger charge is -2.16. The Bertz CT molecular complexity index is 626. The van der Waals surface area contributed by atoms with Crippen LogP contribution in [0.4, 0.5) is 5.69 Å². The van der Waals surface area contributed by atoms with E-state index < -0.39 is 17.9 Å². The molecule has 116 valence electrons. The molecular weight excluding hydrogens is 308 g/mol. The number of benzene rings is 1. The third-order valence-electron chi connectivity index (χ3n) is 2.91. The van der Waals surface area contributed by atoms with Gasteiger partial charge >= 0.3 is 5.97 Å². The van der Waals surface area contributed by atoms with Crippen LogP contribution >= 0.6 is 11.6 Å². The van der Waals surface area contributed by atoms with Gasteiger partial charge in [0.15, 0.2) is 0 Å². The van der Waals surface area contributed by atoms with Crippen LogP contribution < -0.4 is 10.6 Å². The molecule has 0 aliphatic rings. The molecule has 0 radical (unpaired) electrons. The smallest absolute Gasteiger partial charge is 0.305 e. The molecule has 0 saturated heterocycles. The summed E-state index contributed by atoms with van der Waals surface area (Å²) in [4.78, 5) is 23.1. The zero-order chi connectivity index (χ0) is 15.9. The fourth-order valence-electron chi connectivity index (χ4n) is 1.83. The molecule has 0 bridgehead atoms. The number of anilines is 1. The SMILES string of the molecule is O=C(O)C[C@@H](NCc1ccco1)C(=O)Nc1ccc(Cl)cc1.